The van der Waals surface area contributed by atoms with Crippen LogP contribution >= 0.6 is 0 Å². The maximum atomic E-state index is 12.9. The van der Waals surface area contributed by atoms with Gasteiger partial charge in [-0.05, 0) is 12.5 Å². The molecule has 1 aliphatic heterocycles. The highest BCUT2D eigenvalue weighted by molar-refractivity contribution is 5.97. The Bertz CT molecular complexity index is 855. The van der Waals surface area contributed by atoms with E-state index in [9.17, 15) is 4.79 Å². The molecule has 0 N–H and O–H groups in total. The molecule has 4 rings (SSSR count). The van der Waals surface area contributed by atoms with Gasteiger partial charge in [-0.15, -0.1) is 0 Å². The van der Waals surface area contributed by atoms with Crippen molar-refractivity contribution in [2.24, 2.45) is 0 Å². The van der Waals surface area contributed by atoms with Gasteiger partial charge < -0.3 is 18.6 Å². The molecule has 0 aliphatic carbocycles. The minimum absolute atomic E-state index is 0.0387. The molecule has 0 saturated carbocycles. The lowest BCUT2D eigenvalue weighted by Crippen LogP contribution is -2.41. The number of aryl methyl sites for hydroxylation is 1. The Hall–Kier alpha value is -2.53. The number of aromatic nitrogens is 1. The molecule has 24 heavy (non-hydrogen) atoms. The van der Waals surface area contributed by atoms with Crippen LogP contribution in [-0.2, 0) is 11.3 Å². The van der Waals surface area contributed by atoms with E-state index in [1.165, 1.54) is 5.56 Å². The topological polar surface area (TPSA) is 47.6 Å². The zero-order valence-corrected chi connectivity index (χ0v) is 13.7. The summed E-state index contributed by atoms with van der Waals surface area (Å²) in [6, 6.07) is 12.2. The molecule has 0 radical (unpaired) electrons. The van der Waals surface area contributed by atoms with E-state index in [1.54, 1.807) is 6.26 Å². The second-order valence-electron chi connectivity index (χ2n) is 6.18. The predicted molar refractivity (Wildman–Crippen MR) is 91.2 cm³/mol. The van der Waals surface area contributed by atoms with Crippen molar-refractivity contribution in [3.05, 3.63) is 59.5 Å². The fourth-order valence-electron chi connectivity index (χ4n) is 3.13. The van der Waals surface area contributed by atoms with Gasteiger partial charge in [0.25, 0.3) is 5.91 Å². The SMILES string of the molecule is Cc1ccc(Cn2c(C(=O)N3CCOCC3)cc3occc32)cc1. The van der Waals surface area contributed by atoms with Crippen molar-refractivity contribution in [1.29, 1.82) is 0 Å². The van der Waals surface area contributed by atoms with E-state index < -0.39 is 0 Å². The van der Waals surface area contributed by atoms with Gasteiger partial charge in [0.2, 0.25) is 0 Å². The number of hydrogen-bond donors (Lipinski definition) is 0. The van der Waals surface area contributed by atoms with Crippen molar-refractivity contribution in [2.45, 2.75) is 13.5 Å². The summed E-state index contributed by atoms with van der Waals surface area (Å²) < 4.78 is 12.9. The molecule has 0 spiro atoms. The number of benzene rings is 1. The summed E-state index contributed by atoms with van der Waals surface area (Å²) >= 11 is 0. The van der Waals surface area contributed by atoms with E-state index in [0.29, 0.717) is 38.5 Å². The van der Waals surface area contributed by atoms with E-state index in [2.05, 4.69) is 31.2 Å². The number of carbonyl (C=O) groups excluding carboxylic acids is 1. The number of nitrogens with zero attached hydrogens (tertiary/aromatic N) is 2. The van der Waals surface area contributed by atoms with Gasteiger partial charge in [0.05, 0.1) is 25.0 Å². The highest BCUT2D eigenvalue weighted by Gasteiger charge is 2.24. The first-order valence-electron chi connectivity index (χ1n) is 8.22. The van der Waals surface area contributed by atoms with Crippen LogP contribution in [0.3, 0.4) is 0 Å². The highest BCUT2D eigenvalue weighted by Crippen LogP contribution is 2.24. The van der Waals surface area contributed by atoms with Crippen molar-refractivity contribution < 1.29 is 13.9 Å². The molecule has 5 heteroatoms. The second kappa shape index (κ2) is 6.17. The molecular formula is C19H20N2O3. The number of fused-ring (bicyclic) bond motifs is 1. The number of carbonyl (C=O) groups is 1. The van der Waals surface area contributed by atoms with Crippen LogP contribution in [0.15, 0.2) is 47.1 Å². The second-order valence-corrected chi connectivity index (χ2v) is 6.18. The lowest BCUT2D eigenvalue weighted by molar-refractivity contribution is 0.0296. The van der Waals surface area contributed by atoms with Crippen LogP contribution in [0.4, 0.5) is 0 Å². The number of furan rings is 1. The molecule has 3 heterocycles. The quantitative estimate of drug-likeness (QED) is 0.744. The summed E-state index contributed by atoms with van der Waals surface area (Å²) in [7, 11) is 0. The van der Waals surface area contributed by atoms with Crippen molar-refractivity contribution in [2.75, 3.05) is 26.3 Å². The molecular weight excluding hydrogens is 304 g/mol. The molecule has 124 valence electrons. The third-order valence-corrected chi connectivity index (χ3v) is 4.50. The number of rotatable bonds is 3. The molecule has 2 aromatic heterocycles. The Balaban J connectivity index is 1.71. The summed E-state index contributed by atoms with van der Waals surface area (Å²) in [6.45, 7) is 5.18. The van der Waals surface area contributed by atoms with E-state index >= 15 is 0 Å². The Kier molecular flexibility index (Phi) is 3.86. The molecule has 0 unspecified atom stereocenters. The average molecular weight is 324 g/mol. The number of amides is 1. The minimum atomic E-state index is 0.0387. The Morgan fingerprint density at radius 3 is 2.62 bits per heavy atom. The van der Waals surface area contributed by atoms with E-state index in [-0.39, 0.29) is 5.91 Å². The largest absolute Gasteiger partial charge is 0.463 e. The van der Waals surface area contributed by atoms with Crippen molar-refractivity contribution in [1.82, 2.24) is 9.47 Å². The first kappa shape index (κ1) is 15.0. The smallest absolute Gasteiger partial charge is 0.270 e. The number of ether oxygens (including phenoxy) is 1. The van der Waals surface area contributed by atoms with E-state index in [1.807, 2.05) is 21.6 Å². The van der Waals surface area contributed by atoms with E-state index in [0.717, 1.165) is 16.7 Å². The fraction of sp³-hybridized carbons (Fsp3) is 0.316. The lowest BCUT2D eigenvalue weighted by atomic mass is 10.1. The van der Waals surface area contributed by atoms with Crippen molar-refractivity contribution in [3.63, 3.8) is 0 Å². The lowest BCUT2D eigenvalue weighted by Gasteiger charge is -2.27. The average Bonchev–Trinajstić information content (AvgIpc) is 3.19. The van der Waals surface area contributed by atoms with Gasteiger partial charge in [0.1, 0.15) is 5.69 Å². The van der Waals surface area contributed by atoms with Gasteiger partial charge >= 0.3 is 0 Å². The molecule has 0 atom stereocenters. The molecule has 1 aliphatic rings. The van der Waals surface area contributed by atoms with Crippen LogP contribution in [0.2, 0.25) is 0 Å². The molecule has 1 aromatic carbocycles. The van der Waals surface area contributed by atoms with E-state index in [4.69, 9.17) is 9.15 Å². The van der Waals surface area contributed by atoms with Crippen LogP contribution in [-0.4, -0.2) is 41.7 Å². The standard InChI is InChI=1S/C19H20N2O3/c1-14-2-4-15(5-3-14)13-21-16-6-9-24-18(16)12-17(21)19(22)20-7-10-23-11-8-20/h2-6,9,12H,7-8,10-11,13H2,1H3. The number of hydrogen-bond acceptors (Lipinski definition) is 3. The molecule has 5 nitrogen and oxygen atoms in total. The molecule has 1 amide bonds. The van der Waals surface area contributed by atoms with Gasteiger partial charge in [-0.2, -0.15) is 0 Å². The maximum absolute atomic E-state index is 12.9. The van der Waals surface area contributed by atoms with Crippen LogP contribution in [0.5, 0.6) is 0 Å². The van der Waals surface area contributed by atoms with Crippen LogP contribution < -0.4 is 0 Å². The van der Waals surface area contributed by atoms with Gasteiger partial charge in [0, 0.05) is 31.8 Å². The predicted octanol–water partition coefficient (Wildman–Crippen LogP) is 3.06. The molecule has 0 bridgehead atoms. The first-order valence-corrected chi connectivity index (χ1v) is 8.22. The fourth-order valence-corrected chi connectivity index (χ4v) is 3.13. The zero-order chi connectivity index (χ0) is 16.5. The monoisotopic (exact) mass is 324 g/mol. The van der Waals surface area contributed by atoms with Crippen LogP contribution in [0.25, 0.3) is 11.1 Å². The van der Waals surface area contributed by atoms with Crippen LogP contribution in [0, 0.1) is 6.92 Å². The third-order valence-electron chi connectivity index (χ3n) is 4.50. The van der Waals surface area contributed by atoms with Crippen molar-refractivity contribution in [3.8, 4) is 0 Å². The highest BCUT2D eigenvalue weighted by atomic mass is 16.5. The zero-order valence-electron chi connectivity index (χ0n) is 13.7. The summed E-state index contributed by atoms with van der Waals surface area (Å²) in [5.74, 6) is 0.0387. The molecule has 1 fully saturated rings. The molecule has 3 aromatic rings. The number of morpholine rings is 1. The minimum Gasteiger partial charge on any atom is -0.463 e. The van der Waals surface area contributed by atoms with Gasteiger partial charge in [-0.3, -0.25) is 4.79 Å². The molecule has 1 saturated heterocycles. The van der Waals surface area contributed by atoms with Gasteiger partial charge in [-0.25, -0.2) is 0 Å². The van der Waals surface area contributed by atoms with Gasteiger partial charge in [0.15, 0.2) is 5.58 Å². The third kappa shape index (κ3) is 2.71. The Labute approximate surface area is 140 Å². The van der Waals surface area contributed by atoms with Crippen molar-refractivity contribution >= 4 is 17.0 Å². The van der Waals surface area contributed by atoms with Gasteiger partial charge in [-0.1, -0.05) is 29.8 Å². The summed E-state index contributed by atoms with van der Waals surface area (Å²) in [4.78, 5) is 14.8. The summed E-state index contributed by atoms with van der Waals surface area (Å²) in [5.41, 5.74) is 4.76. The summed E-state index contributed by atoms with van der Waals surface area (Å²) in [5, 5.41) is 0. The Morgan fingerprint density at radius 1 is 1.12 bits per heavy atom. The normalized spacial score (nSPS) is 15.1. The first-order chi connectivity index (χ1) is 11.7. The Morgan fingerprint density at radius 2 is 1.88 bits per heavy atom. The summed E-state index contributed by atoms with van der Waals surface area (Å²) in [6.07, 6.45) is 1.67. The van der Waals surface area contributed by atoms with Crippen LogP contribution in [0.1, 0.15) is 21.6 Å². The maximum Gasteiger partial charge on any atom is 0.270 e.